The van der Waals surface area contributed by atoms with Crippen molar-refractivity contribution in [1.82, 2.24) is 15.5 Å². The second kappa shape index (κ2) is 5.90. The van der Waals surface area contributed by atoms with E-state index in [-0.39, 0.29) is 11.9 Å². The number of carbonyl (C=O) groups is 1. The number of hydrogen-bond donors (Lipinski definition) is 2. The van der Waals surface area contributed by atoms with Crippen molar-refractivity contribution in [3.8, 4) is 0 Å². The molecule has 6 nitrogen and oxygen atoms in total. The smallest absolute Gasteiger partial charge is 0.297 e. The van der Waals surface area contributed by atoms with Crippen LogP contribution >= 0.6 is 15.9 Å². The van der Waals surface area contributed by atoms with Crippen molar-refractivity contribution in [2.75, 3.05) is 11.9 Å². The second-order valence-electron chi connectivity index (χ2n) is 4.68. The molecule has 8 heteroatoms. The first-order valence-corrected chi connectivity index (χ1v) is 7.26. The molecule has 1 atom stereocenters. The minimum absolute atomic E-state index is 0.0107. The van der Waals surface area contributed by atoms with Gasteiger partial charge in [-0.25, -0.2) is 4.39 Å². The van der Waals surface area contributed by atoms with Gasteiger partial charge in [0.05, 0.1) is 11.7 Å². The average molecular weight is 355 g/mol. The Morgan fingerprint density at radius 3 is 3.10 bits per heavy atom. The molecule has 3 rings (SSSR count). The lowest BCUT2D eigenvalue weighted by Crippen LogP contribution is -2.16. The standard InChI is InChI=1S/C13H12BrFN4O2/c14-8-6-7(15)3-4-9(8)17-12(20)11-18-13(21-19-11)10-2-1-5-16-10/h3-4,6,10,16H,1-2,5H2,(H,17,20). The Morgan fingerprint density at radius 1 is 1.52 bits per heavy atom. The molecular formula is C13H12BrFN4O2. The van der Waals surface area contributed by atoms with Crippen LogP contribution in [0.4, 0.5) is 10.1 Å². The molecule has 0 radical (unpaired) electrons. The average Bonchev–Trinajstić information content (AvgIpc) is 3.10. The Balaban J connectivity index is 1.73. The van der Waals surface area contributed by atoms with Crippen LogP contribution in [0.3, 0.4) is 0 Å². The lowest BCUT2D eigenvalue weighted by Gasteiger charge is -2.04. The topological polar surface area (TPSA) is 80.0 Å². The van der Waals surface area contributed by atoms with Crippen LogP contribution in [0, 0.1) is 5.82 Å². The highest BCUT2D eigenvalue weighted by Crippen LogP contribution is 2.24. The number of nitrogens with one attached hydrogen (secondary N) is 2. The fourth-order valence-corrected chi connectivity index (χ4v) is 2.58. The van der Waals surface area contributed by atoms with Crippen LogP contribution in [-0.2, 0) is 0 Å². The van der Waals surface area contributed by atoms with Gasteiger partial charge in [0.2, 0.25) is 5.89 Å². The maximum atomic E-state index is 13.0. The summed E-state index contributed by atoms with van der Waals surface area (Å²) in [6, 6.07) is 3.98. The molecule has 0 saturated carbocycles. The van der Waals surface area contributed by atoms with Crippen molar-refractivity contribution >= 4 is 27.5 Å². The number of benzene rings is 1. The zero-order chi connectivity index (χ0) is 14.8. The summed E-state index contributed by atoms with van der Waals surface area (Å²) < 4.78 is 18.5. The Morgan fingerprint density at radius 2 is 2.38 bits per heavy atom. The van der Waals surface area contributed by atoms with Crippen LogP contribution in [-0.4, -0.2) is 22.6 Å². The monoisotopic (exact) mass is 354 g/mol. The number of aromatic nitrogens is 2. The van der Waals surface area contributed by atoms with Crippen LogP contribution < -0.4 is 10.6 Å². The molecule has 1 aliphatic heterocycles. The second-order valence-corrected chi connectivity index (χ2v) is 5.54. The molecule has 0 spiro atoms. The van der Waals surface area contributed by atoms with Gasteiger partial charge in [-0.2, -0.15) is 4.98 Å². The Hall–Kier alpha value is -1.80. The summed E-state index contributed by atoms with van der Waals surface area (Å²) in [6.07, 6.45) is 1.95. The summed E-state index contributed by atoms with van der Waals surface area (Å²) in [5, 5.41) is 9.49. The number of carbonyl (C=O) groups excluding carboxylic acids is 1. The first kappa shape index (κ1) is 14.2. The molecule has 21 heavy (non-hydrogen) atoms. The van der Waals surface area contributed by atoms with Crippen LogP contribution in [0.25, 0.3) is 0 Å². The predicted molar refractivity (Wildman–Crippen MR) is 76.3 cm³/mol. The fourth-order valence-electron chi connectivity index (χ4n) is 2.13. The SMILES string of the molecule is O=C(Nc1ccc(F)cc1Br)c1noc(C2CCCN2)n1. The number of hydrogen-bond acceptors (Lipinski definition) is 5. The molecule has 1 fully saturated rings. The summed E-state index contributed by atoms with van der Waals surface area (Å²) in [7, 11) is 0. The molecular weight excluding hydrogens is 343 g/mol. The number of nitrogens with zero attached hydrogens (tertiary/aromatic N) is 2. The summed E-state index contributed by atoms with van der Waals surface area (Å²) >= 11 is 3.18. The molecule has 0 aliphatic carbocycles. The highest BCUT2D eigenvalue weighted by molar-refractivity contribution is 9.10. The fraction of sp³-hybridized carbons (Fsp3) is 0.308. The quantitative estimate of drug-likeness (QED) is 0.885. The van der Waals surface area contributed by atoms with Crippen molar-refractivity contribution in [2.45, 2.75) is 18.9 Å². The van der Waals surface area contributed by atoms with Gasteiger partial charge in [-0.1, -0.05) is 5.16 Å². The highest BCUT2D eigenvalue weighted by atomic mass is 79.9. The van der Waals surface area contributed by atoms with E-state index in [1.165, 1.54) is 18.2 Å². The van der Waals surface area contributed by atoms with Gasteiger partial charge in [0.1, 0.15) is 5.82 Å². The van der Waals surface area contributed by atoms with E-state index >= 15 is 0 Å². The van der Waals surface area contributed by atoms with Crippen LogP contribution in [0.5, 0.6) is 0 Å². The van der Waals surface area contributed by atoms with Crippen molar-refractivity contribution < 1.29 is 13.7 Å². The maximum absolute atomic E-state index is 13.0. The van der Waals surface area contributed by atoms with Gasteiger partial charge in [-0.15, -0.1) is 0 Å². The minimum atomic E-state index is -0.504. The molecule has 1 aromatic carbocycles. The number of rotatable bonds is 3. The van der Waals surface area contributed by atoms with Gasteiger partial charge in [0.15, 0.2) is 0 Å². The molecule has 1 saturated heterocycles. The minimum Gasteiger partial charge on any atom is -0.337 e. The number of amides is 1. The maximum Gasteiger partial charge on any atom is 0.297 e. The van der Waals surface area contributed by atoms with E-state index in [1.54, 1.807) is 0 Å². The van der Waals surface area contributed by atoms with Gasteiger partial charge in [-0.3, -0.25) is 4.79 Å². The van der Waals surface area contributed by atoms with E-state index in [4.69, 9.17) is 4.52 Å². The molecule has 2 heterocycles. The van der Waals surface area contributed by atoms with Crippen molar-refractivity contribution in [3.63, 3.8) is 0 Å². The molecule has 1 amide bonds. The number of halogens is 2. The van der Waals surface area contributed by atoms with Crippen LogP contribution in [0.1, 0.15) is 35.4 Å². The first-order valence-electron chi connectivity index (χ1n) is 6.47. The van der Waals surface area contributed by atoms with E-state index < -0.39 is 11.7 Å². The predicted octanol–water partition coefficient (Wildman–Crippen LogP) is 2.65. The van der Waals surface area contributed by atoms with Gasteiger partial charge >= 0.3 is 0 Å². The first-order chi connectivity index (χ1) is 10.1. The summed E-state index contributed by atoms with van der Waals surface area (Å²) in [5.74, 6) is -0.532. The zero-order valence-electron chi connectivity index (χ0n) is 10.9. The van der Waals surface area contributed by atoms with E-state index in [0.717, 1.165) is 19.4 Å². The molecule has 2 aromatic rings. The molecule has 1 unspecified atom stereocenters. The summed E-state index contributed by atoms with van der Waals surface area (Å²) in [4.78, 5) is 16.1. The third-order valence-electron chi connectivity index (χ3n) is 3.18. The molecule has 110 valence electrons. The van der Waals surface area contributed by atoms with Gasteiger partial charge < -0.3 is 15.2 Å². The summed E-state index contributed by atoms with van der Waals surface area (Å²) in [6.45, 7) is 0.900. The lowest BCUT2D eigenvalue weighted by atomic mass is 10.2. The van der Waals surface area contributed by atoms with Crippen LogP contribution in [0.15, 0.2) is 27.2 Å². The molecule has 0 bridgehead atoms. The van der Waals surface area contributed by atoms with E-state index in [9.17, 15) is 9.18 Å². The Labute approximate surface area is 128 Å². The van der Waals surface area contributed by atoms with Crippen LogP contribution in [0.2, 0.25) is 0 Å². The Bertz CT molecular complexity index is 670. The molecule has 2 N–H and O–H groups in total. The van der Waals surface area contributed by atoms with Crippen molar-refractivity contribution in [3.05, 3.63) is 40.2 Å². The normalized spacial score (nSPS) is 17.9. The summed E-state index contributed by atoms with van der Waals surface area (Å²) in [5.41, 5.74) is 0.437. The highest BCUT2D eigenvalue weighted by Gasteiger charge is 2.24. The largest absolute Gasteiger partial charge is 0.337 e. The van der Waals surface area contributed by atoms with Crippen molar-refractivity contribution in [1.29, 1.82) is 0 Å². The molecule has 1 aromatic heterocycles. The Kier molecular flexibility index (Phi) is 3.98. The van der Waals surface area contributed by atoms with Gasteiger partial charge in [-0.05, 0) is 53.5 Å². The van der Waals surface area contributed by atoms with Crippen molar-refractivity contribution in [2.24, 2.45) is 0 Å². The zero-order valence-corrected chi connectivity index (χ0v) is 12.5. The third kappa shape index (κ3) is 3.11. The van der Waals surface area contributed by atoms with Gasteiger partial charge in [0, 0.05) is 4.47 Å². The molecule has 1 aliphatic rings. The third-order valence-corrected chi connectivity index (χ3v) is 3.84. The number of anilines is 1. The van der Waals surface area contributed by atoms with E-state index in [1.807, 2.05) is 0 Å². The lowest BCUT2D eigenvalue weighted by molar-refractivity contribution is 0.101. The van der Waals surface area contributed by atoms with Gasteiger partial charge in [0.25, 0.3) is 11.7 Å². The van der Waals surface area contributed by atoms with E-state index in [0.29, 0.717) is 16.1 Å². The van der Waals surface area contributed by atoms with E-state index in [2.05, 4.69) is 36.7 Å².